The van der Waals surface area contributed by atoms with Crippen LogP contribution in [0.25, 0.3) is 0 Å². The van der Waals surface area contributed by atoms with Crippen molar-refractivity contribution in [3.8, 4) is 0 Å². The zero-order chi connectivity index (χ0) is 13.7. The summed E-state index contributed by atoms with van der Waals surface area (Å²) in [5, 5.41) is 8.87. The maximum atomic E-state index is 11.5. The molecule has 1 aliphatic carbocycles. The summed E-state index contributed by atoms with van der Waals surface area (Å²) in [6.45, 7) is 0. The number of aliphatic carboxylic acids is 1. The number of carbonyl (C=O) groups is 2. The first kappa shape index (κ1) is 13.9. The second-order valence-corrected chi connectivity index (χ2v) is 5.60. The van der Waals surface area contributed by atoms with Crippen LogP contribution >= 0.6 is 11.8 Å². The van der Waals surface area contributed by atoms with Gasteiger partial charge >= 0.3 is 5.97 Å². The number of allylic oxidation sites excluding steroid dienone is 2. The Bertz CT molecular complexity index is 520. The van der Waals surface area contributed by atoms with Crippen molar-refractivity contribution in [2.75, 3.05) is 5.75 Å². The Labute approximate surface area is 116 Å². The molecule has 100 valence electrons. The quantitative estimate of drug-likeness (QED) is 0.868. The Morgan fingerprint density at radius 2 is 2.00 bits per heavy atom. The van der Waals surface area contributed by atoms with Crippen LogP contribution in [0.3, 0.4) is 0 Å². The molecule has 0 saturated heterocycles. The molecule has 0 fully saturated rings. The highest BCUT2D eigenvalue weighted by Gasteiger charge is 2.15. The van der Waals surface area contributed by atoms with Crippen LogP contribution in [0.2, 0.25) is 0 Å². The number of ketones is 1. The lowest BCUT2D eigenvalue weighted by atomic mass is 10.0. The predicted molar refractivity (Wildman–Crippen MR) is 76.3 cm³/mol. The number of aryl methyl sites for hydroxylation is 1. The topological polar surface area (TPSA) is 54.4 Å². The van der Waals surface area contributed by atoms with Crippen LogP contribution in [0.15, 0.2) is 35.2 Å². The van der Waals surface area contributed by atoms with Gasteiger partial charge in [-0.05, 0) is 24.0 Å². The minimum Gasteiger partial charge on any atom is -0.481 e. The van der Waals surface area contributed by atoms with Crippen molar-refractivity contribution in [1.29, 1.82) is 0 Å². The second kappa shape index (κ2) is 6.57. The number of thioether (sulfide) groups is 1. The van der Waals surface area contributed by atoms with Crippen LogP contribution in [-0.4, -0.2) is 22.6 Å². The van der Waals surface area contributed by atoms with Gasteiger partial charge in [0.15, 0.2) is 5.78 Å². The van der Waals surface area contributed by atoms with Crippen molar-refractivity contribution >= 4 is 23.5 Å². The minimum atomic E-state index is -0.811. The maximum absolute atomic E-state index is 11.5. The van der Waals surface area contributed by atoms with Gasteiger partial charge in [-0.2, -0.15) is 0 Å². The molecule has 1 N–H and O–H groups in total. The van der Waals surface area contributed by atoms with Crippen LogP contribution < -0.4 is 0 Å². The Morgan fingerprint density at radius 1 is 1.26 bits per heavy atom. The molecule has 1 aromatic carbocycles. The molecule has 0 spiro atoms. The Balaban J connectivity index is 1.92. The van der Waals surface area contributed by atoms with Gasteiger partial charge in [0.1, 0.15) is 0 Å². The van der Waals surface area contributed by atoms with E-state index in [1.807, 2.05) is 30.3 Å². The Morgan fingerprint density at radius 3 is 2.63 bits per heavy atom. The monoisotopic (exact) mass is 276 g/mol. The van der Waals surface area contributed by atoms with E-state index in [-0.39, 0.29) is 12.2 Å². The third-order valence-electron chi connectivity index (χ3n) is 3.06. The van der Waals surface area contributed by atoms with Crippen molar-refractivity contribution in [3.63, 3.8) is 0 Å². The lowest BCUT2D eigenvalue weighted by molar-refractivity contribution is -0.136. The van der Waals surface area contributed by atoms with E-state index in [2.05, 4.69) is 0 Å². The van der Waals surface area contributed by atoms with Gasteiger partial charge < -0.3 is 5.11 Å². The highest BCUT2D eigenvalue weighted by molar-refractivity contribution is 8.04. The van der Waals surface area contributed by atoms with E-state index < -0.39 is 5.97 Å². The van der Waals surface area contributed by atoms with Gasteiger partial charge in [-0.1, -0.05) is 30.3 Å². The summed E-state index contributed by atoms with van der Waals surface area (Å²) in [5.41, 5.74) is 1.92. The molecule has 19 heavy (non-hydrogen) atoms. The third kappa shape index (κ3) is 3.96. The summed E-state index contributed by atoms with van der Waals surface area (Å²) in [4.78, 5) is 23.1. The molecular weight excluding hydrogens is 260 g/mol. The average Bonchev–Trinajstić information content (AvgIpc) is 2.77. The highest BCUT2D eigenvalue weighted by atomic mass is 32.2. The normalized spacial score (nSPS) is 14.5. The fourth-order valence-electron chi connectivity index (χ4n) is 2.12. The number of rotatable bonds is 6. The zero-order valence-electron chi connectivity index (χ0n) is 10.6. The molecule has 0 amide bonds. The van der Waals surface area contributed by atoms with Crippen LogP contribution in [0, 0.1) is 0 Å². The fourth-order valence-corrected chi connectivity index (χ4v) is 3.16. The van der Waals surface area contributed by atoms with E-state index in [0.717, 1.165) is 34.6 Å². The number of carbonyl (C=O) groups excluding carboxylic acids is 1. The molecule has 0 heterocycles. The first-order valence-corrected chi connectivity index (χ1v) is 7.30. The Kier molecular flexibility index (Phi) is 4.80. The molecule has 0 aliphatic heterocycles. The first-order chi connectivity index (χ1) is 9.16. The fraction of sp³-hybridized carbons (Fsp3) is 0.333. The summed E-state index contributed by atoms with van der Waals surface area (Å²) in [7, 11) is 0. The van der Waals surface area contributed by atoms with Gasteiger partial charge in [0, 0.05) is 17.1 Å². The summed E-state index contributed by atoms with van der Waals surface area (Å²) in [6.07, 6.45) is 4.34. The van der Waals surface area contributed by atoms with Gasteiger partial charge in [0.2, 0.25) is 0 Å². The molecule has 0 saturated carbocycles. The van der Waals surface area contributed by atoms with Gasteiger partial charge in [-0.15, -0.1) is 11.8 Å². The molecule has 0 unspecified atom stereocenters. The number of carboxylic acids is 1. The molecule has 0 radical (unpaired) electrons. The van der Waals surface area contributed by atoms with Gasteiger partial charge in [-0.25, -0.2) is 0 Å². The Hall–Kier alpha value is -1.55. The lowest BCUT2D eigenvalue weighted by Gasteiger charge is -2.07. The standard InChI is InChI=1S/C15H16O3S/c16-13-6-3-7-14(13)19-9-8-11-4-1-2-5-12(11)10-15(17)18/h1-2,4-5,7H,3,6,8-10H2,(H,17,18). The molecule has 4 heteroatoms. The van der Waals surface area contributed by atoms with Crippen LogP contribution in [-0.2, 0) is 22.4 Å². The number of carboxylic acid groups (broad SMARTS) is 1. The summed E-state index contributed by atoms with van der Waals surface area (Å²) < 4.78 is 0. The average molecular weight is 276 g/mol. The number of benzene rings is 1. The maximum Gasteiger partial charge on any atom is 0.307 e. The molecule has 2 rings (SSSR count). The van der Waals surface area contributed by atoms with E-state index in [1.54, 1.807) is 11.8 Å². The smallest absolute Gasteiger partial charge is 0.307 e. The van der Waals surface area contributed by atoms with E-state index in [9.17, 15) is 9.59 Å². The van der Waals surface area contributed by atoms with Crippen LogP contribution in [0.1, 0.15) is 24.0 Å². The van der Waals surface area contributed by atoms with E-state index in [0.29, 0.717) is 6.42 Å². The summed E-state index contributed by atoms with van der Waals surface area (Å²) in [6, 6.07) is 7.60. The molecule has 1 aromatic rings. The number of hydrogen-bond acceptors (Lipinski definition) is 3. The van der Waals surface area contributed by atoms with Crippen molar-refractivity contribution in [2.24, 2.45) is 0 Å². The van der Waals surface area contributed by atoms with Crippen LogP contribution in [0.4, 0.5) is 0 Å². The molecule has 0 atom stereocenters. The zero-order valence-corrected chi connectivity index (χ0v) is 11.4. The second-order valence-electron chi connectivity index (χ2n) is 4.47. The largest absolute Gasteiger partial charge is 0.481 e. The molecule has 3 nitrogen and oxygen atoms in total. The number of Topliss-reactive ketones (excluding diaryl/α,β-unsaturated/α-hetero) is 1. The predicted octanol–water partition coefficient (Wildman–Crippen LogP) is 2.84. The van der Waals surface area contributed by atoms with Crippen molar-refractivity contribution in [3.05, 3.63) is 46.4 Å². The van der Waals surface area contributed by atoms with Crippen molar-refractivity contribution in [2.45, 2.75) is 25.7 Å². The molecular formula is C15H16O3S. The molecule has 1 aliphatic rings. The van der Waals surface area contributed by atoms with Gasteiger partial charge in [0.25, 0.3) is 0 Å². The van der Waals surface area contributed by atoms with Crippen molar-refractivity contribution in [1.82, 2.24) is 0 Å². The molecule has 0 bridgehead atoms. The first-order valence-electron chi connectivity index (χ1n) is 6.31. The lowest BCUT2D eigenvalue weighted by Crippen LogP contribution is -2.04. The SMILES string of the molecule is O=C(O)Cc1ccccc1CCSC1=CCCC1=O. The molecule has 0 aromatic heterocycles. The van der Waals surface area contributed by atoms with Gasteiger partial charge in [-0.3, -0.25) is 9.59 Å². The summed E-state index contributed by atoms with van der Waals surface area (Å²) in [5.74, 6) is 0.242. The van der Waals surface area contributed by atoms with Gasteiger partial charge in [0.05, 0.1) is 6.42 Å². The van der Waals surface area contributed by atoms with E-state index in [1.165, 1.54) is 0 Å². The van der Waals surface area contributed by atoms with Crippen molar-refractivity contribution < 1.29 is 14.7 Å². The van der Waals surface area contributed by atoms with Crippen LogP contribution in [0.5, 0.6) is 0 Å². The number of hydrogen-bond donors (Lipinski definition) is 1. The highest BCUT2D eigenvalue weighted by Crippen LogP contribution is 2.26. The van der Waals surface area contributed by atoms with E-state index >= 15 is 0 Å². The summed E-state index contributed by atoms with van der Waals surface area (Å²) >= 11 is 1.58. The third-order valence-corrected chi connectivity index (χ3v) is 4.18. The minimum absolute atomic E-state index is 0.0580. The van der Waals surface area contributed by atoms with E-state index in [4.69, 9.17) is 5.11 Å².